The third-order valence-corrected chi connectivity index (χ3v) is 2.69. The van der Waals surface area contributed by atoms with Crippen LogP contribution in [0.5, 0.6) is 0 Å². The fourth-order valence-electron chi connectivity index (χ4n) is 1.88. The third kappa shape index (κ3) is 1.53. The fourth-order valence-corrected chi connectivity index (χ4v) is 1.88. The van der Waals surface area contributed by atoms with Crippen LogP contribution in [-0.2, 0) is 0 Å². The molecule has 0 saturated carbocycles. The Bertz CT molecular complexity index is 734. The minimum absolute atomic E-state index is 0.143. The van der Waals surface area contributed by atoms with Crippen LogP contribution in [0.15, 0.2) is 47.5 Å². The molecule has 0 radical (unpaired) electrons. The van der Waals surface area contributed by atoms with Gasteiger partial charge in [-0.3, -0.25) is 4.98 Å². The van der Waals surface area contributed by atoms with Crippen LogP contribution >= 0.6 is 0 Å². The highest BCUT2D eigenvalue weighted by Crippen LogP contribution is 2.31. The molecule has 0 fully saturated rings. The van der Waals surface area contributed by atoms with Gasteiger partial charge in [-0.1, -0.05) is 0 Å². The van der Waals surface area contributed by atoms with Gasteiger partial charge in [0.05, 0.1) is 5.56 Å². The molecule has 0 aromatic carbocycles. The fraction of sp³-hybridized carbons (Fsp3) is 0. The van der Waals surface area contributed by atoms with Gasteiger partial charge in [0.1, 0.15) is 6.26 Å². The molecule has 0 amide bonds. The van der Waals surface area contributed by atoms with Crippen LogP contribution < -0.4 is 0 Å². The molecule has 3 aromatic rings. The Kier molecular flexibility index (Phi) is 2.30. The minimum Gasteiger partial charge on any atom is -0.478 e. The lowest BCUT2D eigenvalue weighted by atomic mass is 10.0. The zero-order valence-electron chi connectivity index (χ0n) is 9.20. The van der Waals surface area contributed by atoms with Gasteiger partial charge in [0.15, 0.2) is 0 Å². The number of rotatable bonds is 2. The summed E-state index contributed by atoms with van der Waals surface area (Å²) in [7, 11) is 0. The minimum atomic E-state index is -1.02. The van der Waals surface area contributed by atoms with Gasteiger partial charge in [0.25, 0.3) is 0 Å². The number of hydrogen-bond acceptors (Lipinski definition) is 4. The highest BCUT2D eigenvalue weighted by Gasteiger charge is 2.15. The first-order valence-corrected chi connectivity index (χ1v) is 5.27. The van der Waals surface area contributed by atoms with Gasteiger partial charge in [-0.25, -0.2) is 9.78 Å². The van der Waals surface area contributed by atoms with E-state index < -0.39 is 5.97 Å². The van der Waals surface area contributed by atoms with Crippen LogP contribution in [0.3, 0.4) is 0 Å². The molecule has 5 heteroatoms. The molecule has 88 valence electrons. The van der Waals surface area contributed by atoms with Crippen molar-refractivity contribution < 1.29 is 14.3 Å². The molecule has 0 aliphatic rings. The van der Waals surface area contributed by atoms with E-state index in [4.69, 9.17) is 9.52 Å². The second kappa shape index (κ2) is 3.96. The lowest BCUT2D eigenvalue weighted by Crippen LogP contribution is -1.99. The normalized spacial score (nSPS) is 10.7. The summed E-state index contributed by atoms with van der Waals surface area (Å²) in [4.78, 5) is 19.1. The smallest absolute Gasteiger partial charge is 0.337 e. The number of pyridine rings is 2. The zero-order valence-corrected chi connectivity index (χ0v) is 9.20. The van der Waals surface area contributed by atoms with E-state index in [1.54, 1.807) is 24.5 Å². The van der Waals surface area contributed by atoms with Crippen LogP contribution in [0.4, 0.5) is 0 Å². The molecule has 0 spiro atoms. The van der Waals surface area contributed by atoms with Gasteiger partial charge in [-0.2, -0.15) is 0 Å². The van der Waals surface area contributed by atoms with Crippen molar-refractivity contribution in [1.29, 1.82) is 0 Å². The van der Waals surface area contributed by atoms with Crippen molar-refractivity contribution in [1.82, 2.24) is 9.97 Å². The summed E-state index contributed by atoms with van der Waals surface area (Å²) in [5, 5.41) is 9.93. The summed E-state index contributed by atoms with van der Waals surface area (Å²) >= 11 is 0. The maximum absolute atomic E-state index is 11.2. The maximum atomic E-state index is 11.2. The quantitative estimate of drug-likeness (QED) is 0.745. The molecule has 0 atom stereocenters. The highest BCUT2D eigenvalue weighted by atomic mass is 16.4. The first-order chi connectivity index (χ1) is 8.77. The molecule has 0 bridgehead atoms. The van der Waals surface area contributed by atoms with Gasteiger partial charge < -0.3 is 9.52 Å². The summed E-state index contributed by atoms with van der Waals surface area (Å²) in [6.45, 7) is 0. The van der Waals surface area contributed by atoms with E-state index in [2.05, 4.69) is 9.97 Å². The molecule has 3 heterocycles. The Hall–Kier alpha value is -2.69. The second-order valence-corrected chi connectivity index (χ2v) is 3.73. The number of aromatic carboxylic acids is 1. The van der Waals surface area contributed by atoms with Gasteiger partial charge in [-0.15, -0.1) is 0 Å². The van der Waals surface area contributed by atoms with E-state index >= 15 is 0 Å². The molecule has 0 aliphatic carbocycles. The largest absolute Gasteiger partial charge is 0.478 e. The number of hydrogen-bond donors (Lipinski definition) is 1. The predicted molar refractivity (Wildman–Crippen MR) is 64.2 cm³/mol. The Balaban J connectivity index is 2.30. The van der Waals surface area contributed by atoms with Gasteiger partial charge in [0, 0.05) is 35.1 Å². The van der Waals surface area contributed by atoms with E-state index in [1.807, 2.05) is 6.07 Å². The van der Waals surface area contributed by atoms with E-state index in [-0.39, 0.29) is 5.56 Å². The molecule has 3 aromatic heterocycles. The SMILES string of the molecule is O=C(O)c1cnccc1-c1coc2ncccc12. The average molecular weight is 240 g/mol. The Labute approximate surface area is 102 Å². The van der Waals surface area contributed by atoms with Crippen LogP contribution in [0.25, 0.3) is 22.2 Å². The van der Waals surface area contributed by atoms with Crippen LogP contribution in [0.2, 0.25) is 0 Å². The Morgan fingerprint density at radius 1 is 1.22 bits per heavy atom. The first kappa shape index (κ1) is 10.5. The molecular weight excluding hydrogens is 232 g/mol. The topological polar surface area (TPSA) is 76.2 Å². The van der Waals surface area contributed by atoms with Crippen molar-refractivity contribution in [3.05, 3.63) is 48.6 Å². The van der Waals surface area contributed by atoms with E-state index in [1.165, 1.54) is 12.5 Å². The molecule has 0 aliphatic heterocycles. The summed E-state index contributed by atoms with van der Waals surface area (Å²) in [6, 6.07) is 5.27. The molecule has 1 N–H and O–H groups in total. The van der Waals surface area contributed by atoms with E-state index in [9.17, 15) is 4.79 Å². The van der Waals surface area contributed by atoms with Crippen molar-refractivity contribution in [2.75, 3.05) is 0 Å². The van der Waals surface area contributed by atoms with Crippen LogP contribution in [0.1, 0.15) is 10.4 Å². The van der Waals surface area contributed by atoms with Gasteiger partial charge in [-0.05, 0) is 18.2 Å². The van der Waals surface area contributed by atoms with Crippen LogP contribution in [0, 0.1) is 0 Å². The number of nitrogens with zero attached hydrogens (tertiary/aromatic N) is 2. The molecule has 0 saturated heterocycles. The third-order valence-electron chi connectivity index (χ3n) is 2.69. The number of carboxylic acid groups (broad SMARTS) is 1. The van der Waals surface area contributed by atoms with Gasteiger partial charge in [0.2, 0.25) is 5.71 Å². The summed E-state index contributed by atoms with van der Waals surface area (Å²) in [5.41, 5.74) is 1.91. The second-order valence-electron chi connectivity index (χ2n) is 3.73. The predicted octanol–water partition coefficient (Wildman–Crippen LogP) is 2.59. The standard InChI is InChI=1S/C13H8N2O3/c16-13(17)10-6-14-5-3-8(10)11-7-18-12-9(11)2-1-4-15-12/h1-7H,(H,16,17). The van der Waals surface area contributed by atoms with Crippen LogP contribution in [-0.4, -0.2) is 21.0 Å². The van der Waals surface area contributed by atoms with Crippen molar-refractivity contribution in [2.24, 2.45) is 0 Å². The molecular formula is C13H8N2O3. The summed E-state index contributed by atoms with van der Waals surface area (Å²) in [6.07, 6.45) is 6.02. The van der Waals surface area contributed by atoms with E-state index in [0.717, 1.165) is 5.39 Å². The Morgan fingerprint density at radius 2 is 2.11 bits per heavy atom. The monoisotopic (exact) mass is 240 g/mol. The number of fused-ring (bicyclic) bond motifs is 1. The maximum Gasteiger partial charge on any atom is 0.337 e. The van der Waals surface area contributed by atoms with Gasteiger partial charge >= 0.3 is 5.97 Å². The highest BCUT2D eigenvalue weighted by molar-refractivity contribution is 6.01. The molecule has 3 rings (SSSR count). The lowest BCUT2D eigenvalue weighted by Gasteiger charge is -2.02. The van der Waals surface area contributed by atoms with E-state index in [0.29, 0.717) is 16.8 Å². The molecule has 18 heavy (non-hydrogen) atoms. The number of aromatic nitrogens is 2. The molecule has 5 nitrogen and oxygen atoms in total. The summed E-state index contributed by atoms with van der Waals surface area (Å²) < 4.78 is 5.31. The number of carbonyl (C=O) groups is 1. The van der Waals surface area contributed by atoms with Crippen molar-refractivity contribution in [3.63, 3.8) is 0 Å². The lowest BCUT2D eigenvalue weighted by molar-refractivity contribution is 0.0697. The van der Waals surface area contributed by atoms with Crippen molar-refractivity contribution in [2.45, 2.75) is 0 Å². The number of furan rings is 1. The summed E-state index contributed by atoms with van der Waals surface area (Å²) in [5.74, 6) is -1.02. The Morgan fingerprint density at radius 3 is 2.94 bits per heavy atom. The zero-order chi connectivity index (χ0) is 12.5. The first-order valence-electron chi connectivity index (χ1n) is 5.27. The number of carboxylic acids is 1. The van der Waals surface area contributed by atoms with Crippen molar-refractivity contribution in [3.8, 4) is 11.1 Å². The van der Waals surface area contributed by atoms with Crippen molar-refractivity contribution >= 4 is 17.1 Å². The average Bonchev–Trinajstić information content (AvgIpc) is 2.82. The molecule has 0 unspecified atom stereocenters.